The lowest BCUT2D eigenvalue weighted by Gasteiger charge is -2.36. The van der Waals surface area contributed by atoms with Crippen LogP contribution < -0.4 is 10.1 Å². The highest BCUT2D eigenvalue weighted by molar-refractivity contribution is 8.01. The quantitative estimate of drug-likeness (QED) is 0.437. The highest BCUT2D eigenvalue weighted by Crippen LogP contribution is 2.15. The molecule has 1 aliphatic heterocycles. The van der Waals surface area contributed by atoms with Gasteiger partial charge in [0, 0.05) is 43.9 Å². The fourth-order valence-corrected chi connectivity index (χ4v) is 2.81. The van der Waals surface area contributed by atoms with E-state index >= 15 is 0 Å². The maximum absolute atomic E-state index is 12.9. The van der Waals surface area contributed by atoms with E-state index in [0.717, 1.165) is 6.54 Å². The fraction of sp³-hybridized carbons (Fsp3) is 0.389. The Bertz CT molecular complexity index is 619. The van der Waals surface area contributed by atoms with Crippen LogP contribution in [0.3, 0.4) is 0 Å². The Hall–Kier alpha value is -2.12. The van der Waals surface area contributed by atoms with Gasteiger partial charge in [-0.1, -0.05) is 6.08 Å². The van der Waals surface area contributed by atoms with Crippen molar-refractivity contribution in [2.45, 2.75) is 12.5 Å². The van der Waals surface area contributed by atoms with Crippen LogP contribution in [-0.4, -0.2) is 60.5 Å². The van der Waals surface area contributed by atoms with Crippen LogP contribution in [0.1, 0.15) is 6.42 Å². The highest BCUT2D eigenvalue weighted by Gasteiger charge is 2.29. The lowest BCUT2D eigenvalue weighted by Crippen LogP contribution is -2.56. The van der Waals surface area contributed by atoms with Gasteiger partial charge in [-0.15, -0.1) is 18.3 Å². The molecule has 0 radical (unpaired) electrons. The summed E-state index contributed by atoms with van der Waals surface area (Å²) in [5.74, 6) is 0.625. The van der Waals surface area contributed by atoms with Crippen LogP contribution in [0.2, 0.25) is 0 Å². The average Bonchev–Trinajstić information content (AvgIpc) is 2.66. The number of ether oxygens (including phenoxy) is 1. The number of thioether (sulfide) groups is 1. The van der Waals surface area contributed by atoms with Crippen LogP contribution in [0.5, 0.6) is 5.75 Å². The monoisotopic (exact) mass is 360 g/mol. The van der Waals surface area contributed by atoms with Crippen molar-refractivity contribution in [3.63, 3.8) is 0 Å². The molecule has 0 saturated carbocycles. The van der Waals surface area contributed by atoms with Crippen LogP contribution in [0.25, 0.3) is 0 Å². The topological polar surface area (TPSA) is 66.8 Å². The standard InChI is InChI=1S/C18H24N4O2S/c1-3-4-8-21-17(14-25-2)18(23)22-10-9-20-11-15(22)13-24-16-6-5-7-19-12-16/h3,5-8,12,14-15,20H,1,4,9-11,13H2,2H3/b17-14-,21-8?. The predicted octanol–water partition coefficient (Wildman–Crippen LogP) is 2.11. The smallest absolute Gasteiger partial charge is 0.273 e. The molecule has 0 aromatic carbocycles. The number of amides is 1. The van der Waals surface area contributed by atoms with Gasteiger partial charge in [0.25, 0.3) is 5.91 Å². The second-order valence-electron chi connectivity index (χ2n) is 5.43. The number of nitrogens with one attached hydrogen (secondary N) is 1. The number of hydrogen-bond donors (Lipinski definition) is 1. The average molecular weight is 360 g/mol. The molecule has 1 N–H and O–H groups in total. The largest absolute Gasteiger partial charge is 0.490 e. The number of nitrogens with zero attached hydrogens (tertiary/aromatic N) is 3. The lowest BCUT2D eigenvalue weighted by atomic mass is 10.2. The SMILES string of the molecule is C=CCC=N/C(=C\SC)C(=O)N1CCNCC1COc1cccnc1. The zero-order valence-electron chi connectivity index (χ0n) is 14.4. The first kappa shape index (κ1) is 19.2. The first-order valence-corrected chi connectivity index (χ1v) is 9.46. The molecule has 1 unspecified atom stereocenters. The number of carbonyl (C=O) groups excluding carboxylic acids is 1. The minimum absolute atomic E-state index is 0.0543. The minimum atomic E-state index is -0.0732. The summed E-state index contributed by atoms with van der Waals surface area (Å²) in [4.78, 5) is 23.1. The van der Waals surface area contributed by atoms with Gasteiger partial charge in [-0.3, -0.25) is 14.8 Å². The van der Waals surface area contributed by atoms with E-state index in [0.29, 0.717) is 37.6 Å². The molecule has 1 fully saturated rings. The number of allylic oxidation sites excluding steroid dienone is 1. The molecule has 1 atom stereocenters. The molecular formula is C18H24N4O2S. The van der Waals surface area contributed by atoms with Crippen LogP contribution in [-0.2, 0) is 4.79 Å². The number of rotatable bonds is 8. The maximum Gasteiger partial charge on any atom is 0.273 e. The number of hydrogen-bond acceptors (Lipinski definition) is 6. The Kier molecular flexibility index (Phi) is 8.21. The van der Waals surface area contributed by atoms with E-state index in [1.54, 1.807) is 30.1 Å². The van der Waals surface area contributed by atoms with Crippen LogP contribution in [0.15, 0.2) is 53.3 Å². The van der Waals surface area contributed by atoms with E-state index in [2.05, 4.69) is 21.9 Å². The minimum Gasteiger partial charge on any atom is -0.490 e. The van der Waals surface area contributed by atoms with Crippen molar-refractivity contribution in [3.8, 4) is 5.75 Å². The summed E-state index contributed by atoms with van der Waals surface area (Å²) in [5.41, 5.74) is 0.447. The van der Waals surface area contributed by atoms with E-state index in [9.17, 15) is 4.79 Å². The molecule has 1 saturated heterocycles. The van der Waals surface area contributed by atoms with Crippen LogP contribution in [0.4, 0.5) is 0 Å². The molecule has 1 aliphatic rings. The van der Waals surface area contributed by atoms with Crippen molar-refractivity contribution in [3.05, 3.63) is 48.3 Å². The first-order valence-electron chi connectivity index (χ1n) is 8.17. The van der Waals surface area contributed by atoms with Crippen LogP contribution >= 0.6 is 11.8 Å². The van der Waals surface area contributed by atoms with Gasteiger partial charge in [0.15, 0.2) is 0 Å². The molecule has 1 amide bonds. The van der Waals surface area contributed by atoms with E-state index in [-0.39, 0.29) is 11.9 Å². The number of piperazine rings is 1. The van der Waals surface area contributed by atoms with Crippen molar-refractivity contribution in [2.75, 3.05) is 32.5 Å². The molecule has 25 heavy (non-hydrogen) atoms. The third-order valence-electron chi connectivity index (χ3n) is 3.64. The Morgan fingerprint density at radius 1 is 1.64 bits per heavy atom. The molecule has 1 aromatic heterocycles. The van der Waals surface area contributed by atoms with Crippen molar-refractivity contribution in [2.24, 2.45) is 4.99 Å². The van der Waals surface area contributed by atoms with Gasteiger partial charge >= 0.3 is 0 Å². The Morgan fingerprint density at radius 2 is 2.52 bits per heavy atom. The normalized spacial score (nSPS) is 18.4. The van der Waals surface area contributed by atoms with Gasteiger partial charge in [0.1, 0.15) is 18.1 Å². The lowest BCUT2D eigenvalue weighted by molar-refractivity contribution is -0.130. The number of aliphatic imine (C=N–C) groups is 1. The molecule has 0 spiro atoms. The summed E-state index contributed by atoms with van der Waals surface area (Å²) in [5, 5.41) is 5.09. The van der Waals surface area contributed by atoms with E-state index < -0.39 is 0 Å². The number of carbonyl (C=O) groups is 1. The number of aromatic nitrogens is 1. The van der Waals surface area contributed by atoms with Crippen molar-refractivity contribution in [1.82, 2.24) is 15.2 Å². The third-order valence-corrected chi connectivity index (χ3v) is 4.10. The number of pyridine rings is 1. The van der Waals surface area contributed by atoms with Gasteiger partial charge in [-0.2, -0.15) is 0 Å². The van der Waals surface area contributed by atoms with Crippen molar-refractivity contribution < 1.29 is 9.53 Å². The molecule has 2 rings (SSSR count). The fourth-order valence-electron chi connectivity index (χ4n) is 2.42. The Balaban J connectivity index is 2.05. The van der Waals surface area contributed by atoms with Crippen molar-refractivity contribution >= 4 is 23.9 Å². The summed E-state index contributed by atoms with van der Waals surface area (Å²) >= 11 is 1.47. The van der Waals surface area contributed by atoms with E-state index in [1.807, 2.05) is 23.3 Å². The molecule has 134 valence electrons. The molecule has 7 heteroatoms. The summed E-state index contributed by atoms with van der Waals surface area (Å²) < 4.78 is 5.79. The molecule has 0 aliphatic carbocycles. The second kappa shape index (κ2) is 10.7. The molecule has 2 heterocycles. The maximum atomic E-state index is 12.9. The van der Waals surface area contributed by atoms with Gasteiger partial charge < -0.3 is 15.0 Å². The zero-order valence-corrected chi connectivity index (χ0v) is 15.2. The molecule has 6 nitrogen and oxygen atoms in total. The van der Waals surface area contributed by atoms with Gasteiger partial charge in [-0.05, 0) is 18.4 Å². The third kappa shape index (κ3) is 6.03. The summed E-state index contributed by atoms with van der Waals surface area (Å²) in [6.07, 6.45) is 9.37. The molecule has 0 bridgehead atoms. The van der Waals surface area contributed by atoms with Gasteiger partial charge in [0.05, 0.1) is 12.2 Å². The summed E-state index contributed by atoms with van der Waals surface area (Å²) in [6, 6.07) is 3.63. The predicted molar refractivity (Wildman–Crippen MR) is 103 cm³/mol. The van der Waals surface area contributed by atoms with E-state index in [4.69, 9.17) is 4.74 Å². The van der Waals surface area contributed by atoms with Gasteiger partial charge in [0.2, 0.25) is 0 Å². The van der Waals surface area contributed by atoms with Crippen molar-refractivity contribution in [1.29, 1.82) is 0 Å². The molecular weight excluding hydrogens is 336 g/mol. The highest BCUT2D eigenvalue weighted by atomic mass is 32.2. The van der Waals surface area contributed by atoms with E-state index in [1.165, 1.54) is 11.8 Å². The first-order chi connectivity index (χ1) is 12.3. The van der Waals surface area contributed by atoms with Gasteiger partial charge in [-0.25, -0.2) is 0 Å². The zero-order chi connectivity index (χ0) is 17.9. The van der Waals surface area contributed by atoms with Crippen LogP contribution in [0, 0.1) is 0 Å². The Morgan fingerprint density at radius 3 is 3.24 bits per heavy atom. The molecule has 1 aromatic rings. The Labute approximate surface area is 153 Å². The second-order valence-corrected chi connectivity index (χ2v) is 6.14. The summed E-state index contributed by atoms with van der Waals surface area (Å²) in [6.45, 7) is 6.15. The summed E-state index contributed by atoms with van der Waals surface area (Å²) in [7, 11) is 0.